The third-order valence-electron chi connectivity index (χ3n) is 1.98. The lowest BCUT2D eigenvalue weighted by Gasteiger charge is -2.01. The van der Waals surface area contributed by atoms with Gasteiger partial charge in [-0.15, -0.1) is 0 Å². The van der Waals surface area contributed by atoms with Gasteiger partial charge in [0.25, 0.3) is 0 Å². The van der Waals surface area contributed by atoms with Crippen molar-refractivity contribution in [2.24, 2.45) is 0 Å². The van der Waals surface area contributed by atoms with Crippen LogP contribution in [0.2, 0.25) is 0 Å². The van der Waals surface area contributed by atoms with Crippen molar-refractivity contribution in [1.82, 2.24) is 14.6 Å². The van der Waals surface area contributed by atoms with Crippen molar-refractivity contribution >= 4 is 11.6 Å². The summed E-state index contributed by atoms with van der Waals surface area (Å²) < 4.78 is 6.17. The molecule has 0 saturated carbocycles. The molecular weight excluding hydrogens is 182 g/mol. The largest absolute Gasteiger partial charge is 0.465 e. The van der Waals surface area contributed by atoms with E-state index in [0.717, 1.165) is 11.2 Å². The molecule has 0 amide bonds. The van der Waals surface area contributed by atoms with E-state index >= 15 is 0 Å². The summed E-state index contributed by atoms with van der Waals surface area (Å²) in [6.07, 6.45) is 3.05. The highest BCUT2D eigenvalue weighted by molar-refractivity contribution is 5.89. The molecule has 0 aliphatic rings. The third kappa shape index (κ3) is 1.22. The summed E-state index contributed by atoms with van der Waals surface area (Å²) in [5.41, 5.74) is 2.12. The molecule has 0 aliphatic heterocycles. The number of aromatic nitrogens is 3. The van der Waals surface area contributed by atoms with Crippen molar-refractivity contribution in [3.05, 3.63) is 29.7 Å². The van der Waals surface area contributed by atoms with E-state index in [-0.39, 0.29) is 5.97 Å². The zero-order chi connectivity index (χ0) is 10.1. The summed E-state index contributed by atoms with van der Waals surface area (Å²) in [6.45, 7) is 1.87. The first-order chi connectivity index (χ1) is 6.72. The van der Waals surface area contributed by atoms with Crippen molar-refractivity contribution in [3.8, 4) is 0 Å². The second-order valence-electron chi connectivity index (χ2n) is 2.93. The van der Waals surface area contributed by atoms with Gasteiger partial charge in [0.1, 0.15) is 6.33 Å². The van der Waals surface area contributed by atoms with E-state index in [2.05, 4.69) is 14.8 Å². The molecule has 0 aliphatic carbocycles. The maximum Gasteiger partial charge on any atom is 0.339 e. The summed E-state index contributed by atoms with van der Waals surface area (Å²) in [5.74, 6) is -0.370. The first kappa shape index (κ1) is 8.68. The molecule has 0 N–H and O–H groups in total. The molecule has 0 spiro atoms. The normalized spacial score (nSPS) is 10.4. The van der Waals surface area contributed by atoms with Crippen molar-refractivity contribution in [3.63, 3.8) is 0 Å². The van der Waals surface area contributed by atoms with Crippen LogP contribution in [-0.2, 0) is 4.74 Å². The van der Waals surface area contributed by atoms with E-state index in [1.165, 1.54) is 13.4 Å². The minimum absolute atomic E-state index is 0.370. The van der Waals surface area contributed by atoms with Gasteiger partial charge in [-0.2, -0.15) is 5.10 Å². The Morgan fingerprint density at radius 1 is 1.57 bits per heavy atom. The fourth-order valence-electron chi connectivity index (χ4n) is 1.32. The number of methoxy groups -OCH3 is 1. The molecule has 0 bridgehead atoms. The van der Waals surface area contributed by atoms with Crippen molar-refractivity contribution in [1.29, 1.82) is 0 Å². The van der Waals surface area contributed by atoms with Crippen LogP contribution in [0.25, 0.3) is 5.65 Å². The second kappa shape index (κ2) is 3.10. The number of nitrogens with zero attached hydrogens (tertiary/aromatic N) is 3. The molecule has 2 aromatic heterocycles. The third-order valence-corrected chi connectivity index (χ3v) is 1.98. The molecule has 2 heterocycles. The Bertz CT molecular complexity index is 490. The average Bonchev–Trinajstić information content (AvgIpc) is 2.64. The van der Waals surface area contributed by atoms with Crippen LogP contribution in [0, 0.1) is 6.92 Å². The van der Waals surface area contributed by atoms with Crippen LogP contribution in [-0.4, -0.2) is 27.7 Å². The van der Waals surface area contributed by atoms with Gasteiger partial charge in [0.15, 0.2) is 5.65 Å². The highest BCUT2D eigenvalue weighted by Gasteiger charge is 2.09. The summed E-state index contributed by atoms with van der Waals surface area (Å²) in [6, 6.07) is 1.73. The van der Waals surface area contributed by atoms with Gasteiger partial charge in [-0.1, -0.05) is 0 Å². The first-order valence-electron chi connectivity index (χ1n) is 4.10. The maximum atomic E-state index is 11.2. The lowest BCUT2D eigenvalue weighted by atomic mass is 10.2. The maximum absolute atomic E-state index is 11.2. The van der Waals surface area contributed by atoms with Crippen LogP contribution in [0.5, 0.6) is 0 Å². The zero-order valence-electron chi connectivity index (χ0n) is 7.89. The number of hydrogen-bond acceptors (Lipinski definition) is 4. The molecule has 2 aromatic rings. The first-order valence-corrected chi connectivity index (χ1v) is 4.10. The molecule has 0 saturated heterocycles. The Hall–Kier alpha value is -1.91. The molecule has 0 aromatic carbocycles. The lowest BCUT2D eigenvalue weighted by Crippen LogP contribution is -2.04. The van der Waals surface area contributed by atoms with Crippen LogP contribution in [0.15, 0.2) is 18.6 Å². The topological polar surface area (TPSA) is 56.5 Å². The summed E-state index contributed by atoms with van der Waals surface area (Å²) in [5, 5.41) is 3.95. The van der Waals surface area contributed by atoms with Crippen LogP contribution in [0.4, 0.5) is 0 Å². The Balaban J connectivity index is 2.64. The van der Waals surface area contributed by atoms with E-state index in [4.69, 9.17) is 0 Å². The molecule has 0 atom stereocenters. The van der Waals surface area contributed by atoms with Crippen LogP contribution >= 0.6 is 0 Å². The fraction of sp³-hybridized carbons (Fsp3) is 0.222. The summed E-state index contributed by atoms with van der Waals surface area (Å²) >= 11 is 0. The number of aryl methyl sites for hydroxylation is 1. The number of pyridine rings is 1. The van der Waals surface area contributed by atoms with Crippen molar-refractivity contribution in [2.75, 3.05) is 7.11 Å². The molecular formula is C9H9N3O2. The number of esters is 1. The van der Waals surface area contributed by atoms with Gasteiger partial charge in [-0.25, -0.2) is 14.3 Å². The number of carbonyl (C=O) groups is 1. The fourth-order valence-corrected chi connectivity index (χ4v) is 1.32. The molecule has 0 unspecified atom stereocenters. The van der Waals surface area contributed by atoms with Crippen molar-refractivity contribution < 1.29 is 9.53 Å². The van der Waals surface area contributed by atoms with E-state index < -0.39 is 0 Å². The molecule has 14 heavy (non-hydrogen) atoms. The quantitative estimate of drug-likeness (QED) is 0.626. The van der Waals surface area contributed by atoms with Crippen LogP contribution in [0.3, 0.4) is 0 Å². The average molecular weight is 191 g/mol. The van der Waals surface area contributed by atoms with E-state index in [0.29, 0.717) is 5.56 Å². The van der Waals surface area contributed by atoms with Gasteiger partial charge in [-0.05, 0) is 18.6 Å². The minimum Gasteiger partial charge on any atom is -0.465 e. The highest BCUT2D eigenvalue weighted by atomic mass is 16.5. The Morgan fingerprint density at radius 2 is 2.36 bits per heavy atom. The SMILES string of the molecule is COC(=O)c1cc(C)c2ncnn2c1. The van der Waals surface area contributed by atoms with Gasteiger partial charge >= 0.3 is 5.97 Å². The monoisotopic (exact) mass is 191 g/mol. The molecule has 5 heteroatoms. The second-order valence-corrected chi connectivity index (χ2v) is 2.93. The van der Waals surface area contributed by atoms with Gasteiger partial charge in [0, 0.05) is 6.20 Å². The van der Waals surface area contributed by atoms with Gasteiger partial charge in [0.2, 0.25) is 0 Å². The van der Waals surface area contributed by atoms with Gasteiger partial charge < -0.3 is 4.74 Å². The van der Waals surface area contributed by atoms with Gasteiger partial charge in [0.05, 0.1) is 12.7 Å². The Kier molecular flexibility index (Phi) is 1.92. The molecule has 72 valence electrons. The Labute approximate surface area is 80.3 Å². The highest BCUT2D eigenvalue weighted by Crippen LogP contribution is 2.10. The number of rotatable bonds is 1. The molecule has 2 rings (SSSR count). The number of hydrogen-bond donors (Lipinski definition) is 0. The molecule has 0 fully saturated rings. The molecule has 0 radical (unpaired) electrons. The summed E-state index contributed by atoms with van der Waals surface area (Å²) in [4.78, 5) is 15.3. The lowest BCUT2D eigenvalue weighted by molar-refractivity contribution is 0.0600. The Morgan fingerprint density at radius 3 is 3.07 bits per heavy atom. The predicted octanol–water partition coefficient (Wildman–Crippen LogP) is 0.824. The van der Waals surface area contributed by atoms with E-state index in [1.807, 2.05) is 6.92 Å². The number of fused-ring (bicyclic) bond motifs is 1. The number of ether oxygens (including phenoxy) is 1. The predicted molar refractivity (Wildman–Crippen MR) is 49.1 cm³/mol. The van der Waals surface area contributed by atoms with E-state index in [9.17, 15) is 4.79 Å². The van der Waals surface area contributed by atoms with E-state index in [1.54, 1.807) is 16.8 Å². The smallest absolute Gasteiger partial charge is 0.339 e. The van der Waals surface area contributed by atoms with Gasteiger partial charge in [-0.3, -0.25) is 0 Å². The minimum atomic E-state index is -0.370. The standard InChI is InChI=1S/C9H9N3O2/c1-6-3-7(9(13)14-2)4-12-8(6)10-5-11-12/h3-5H,1-2H3. The summed E-state index contributed by atoms with van der Waals surface area (Å²) in [7, 11) is 1.35. The van der Waals surface area contributed by atoms with Crippen LogP contribution < -0.4 is 0 Å². The van der Waals surface area contributed by atoms with Crippen LogP contribution in [0.1, 0.15) is 15.9 Å². The number of carbonyl (C=O) groups excluding carboxylic acids is 1. The molecule has 5 nitrogen and oxygen atoms in total. The zero-order valence-corrected chi connectivity index (χ0v) is 7.89. The van der Waals surface area contributed by atoms with Crippen molar-refractivity contribution in [2.45, 2.75) is 6.92 Å².